The zero-order chi connectivity index (χ0) is 18.0. The summed E-state index contributed by atoms with van der Waals surface area (Å²) in [5.74, 6) is -0.0437. The van der Waals surface area contributed by atoms with E-state index in [-0.39, 0.29) is 23.8 Å². The van der Waals surface area contributed by atoms with Crippen LogP contribution in [0.25, 0.3) is 0 Å². The van der Waals surface area contributed by atoms with E-state index in [9.17, 15) is 13.2 Å². The van der Waals surface area contributed by atoms with Crippen LogP contribution in [0.15, 0.2) is 29.2 Å². The first-order valence-corrected chi connectivity index (χ1v) is 9.72. The van der Waals surface area contributed by atoms with Crippen LogP contribution >= 0.6 is 0 Å². The van der Waals surface area contributed by atoms with Crippen LogP contribution in [-0.2, 0) is 27.8 Å². The Morgan fingerprint density at radius 3 is 2.68 bits per heavy atom. The maximum Gasteiger partial charge on any atom is 0.244 e. The van der Waals surface area contributed by atoms with Crippen LogP contribution in [0, 0.1) is 13.8 Å². The molecule has 2 heterocycles. The molecule has 1 aliphatic rings. The van der Waals surface area contributed by atoms with Gasteiger partial charge in [0.2, 0.25) is 15.9 Å². The van der Waals surface area contributed by atoms with E-state index in [4.69, 9.17) is 0 Å². The van der Waals surface area contributed by atoms with E-state index in [1.165, 1.54) is 5.56 Å². The normalized spacial score (nSPS) is 14.4. The molecule has 2 aromatic rings. The van der Waals surface area contributed by atoms with E-state index in [2.05, 4.69) is 21.0 Å². The van der Waals surface area contributed by atoms with Crippen LogP contribution in [0.3, 0.4) is 0 Å². The van der Waals surface area contributed by atoms with Crippen LogP contribution in [0.1, 0.15) is 28.9 Å². The maximum absolute atomic E-state index is 12.4. The van der Waals surface area contributed by atoms with Gasteiger partial charge in [0.05, 0.1) is 11.4 Å². The lowest BCUT2D eigenvalue weighted by molar-refractivity contribution is -0.131. The quantitative estimate of drug-likeness (QED) is 0.838. The van der Waals surface area contributed by atoms with Crippen molar-refractivity contribution < 1.29 is 13.2 Å². The smallest absolute Gasteiger partial charge is 0.244 e. The van der Waals surface area contributed by atoms with E-state index >= 15 is 0 Å². The zero-order valence-electron chi connectivity index (χ0n) is 14.4. The topological polar surface area (TPSA) is 95.2 Å². The van der Waals surface area contributed by atoms with Gasteiger partial charge < -0.3 is 4.90 Å². The summed E-state index contributed by atoms with van der Waals surface area (Å²) in [5, 5.41) is 6.56. The standard InChI is InChI=1S/C17H22N4O3S/c1-12-17(13(2)20-19-12)25(23,24)18-9-7-16(22)21-10-8-14-5-3-4-6-15(14)11-21/h3-6,18H,7-11H2,1-2H3,(H,19,20). The van der Waals surface area contributed by atoms with Gasteiger partial charge in [-0.1, -0.05) is 24.3 Å². The number of benzene rings is 1. The Hall–Kier alpha value is -2.19. The summed E-state index contributed by atoms with van der Waals surface area (Å²) in [5.41, 5.74) is 3.35. The molecule has 0 bridgehead atoms. The third-order valence-corrected chi connectivity index (χ3v) is 6.17. The maximum atomic E-state index is 12.4. The van der Waals surface area contributed by atoms with Gasteiger partial charge in [-0.15, -0.1) is 0 Å². The first-order chi connectivity index (χ1) is 11.9. The molecule has 25 heavy (non-hydrogen) atoms. The second-order valence-electron chi connectivity index (χ2n) is 6.24. The third kappa shape index (κ3) is 3.74. The number of H-pyrrole nitrogens is 1. The number of amides is 1. The highest BCUT2D eigenvalue weighted by Crippen LogP contribution is 2.19. The first kappa shape index (κ1) is 17.6. The Morgan fingerprint density at radius 2 is 2.00 bits per heavy atom. The fraction of sp³-hybridized carbons (Fsp3) is 0.412. The van der Waals surface area contributed by atoms with Gasteiger partial charge in [0.15, 0.2) is 0 Å². The lowest BCUT2D eigenvalue weighted by Crippen LogP contribution is -2.38. The molecule has 8 heteroatoms. The predicted molar refractivity (Wildman–Crippen MR) is 93.4 cm³/mol. The molecule has 0 saturated heterocycles. The van der Waals surface area contributed by atoms with Crippen LogP contribution in [0.4, 0.5) is 0 Å². The Balaban J connectivity index is 1.57. The van der Waals surface area contributed by atoms with Crippen LogP contribution in [0.2, 0.25) is 0 Å². The van der Waals surface area contributed by atoms with Gasteiger partial charge in [0.1, 0.15) is 4.90 Å². The van der Waals surface area contributed by atoms with E-state index < -0.39 is 10.0 Å². The van der Waals surface area contributed by atoms with Gasteiger partial charge in [-0.3, -0.25) is 9.89 Å². The van der Waals surface area contributed by atoms with Gasteiger partial charge in [-0.05, 0) is 31.4 Å². The fourth-order valence-electron chi connectivity index (χ4n) is 3.17. The molecule has 7 nitrogen and oxygen atoms in total. The van der Waals surface area contributed by atoms with Crippen molar-refractivity contribution in [3.63, 3.8) is 0 Å². The molecule has 0 radical (unpaired) electrons. The Morgan fingerprint density at radius 1 is 1.28 bits per heavy atom. The third-order valence-electron chi connectivity index (χ3n) is 4.44. The highest BCUT2D eigenvalue weighted by atomic mass is 32.2. The minimum Gasteiger partial charge on any atom is -0.338 e. The SMILES string of the molecule is Cc1n[nH]c(C)c1S(=O)(=O)NCCC(=O)N1CCc2ccccc2C1. The van der Waals surface area contributed by atoms with E-state index in [1.807, 2.05) is 18.2 Å². The monoisotopic (exact) mass is 362 g/mol. The summed E-state index contributed by atoms with van der Waals surface area (Å²) in [6, 6.07) is 8.09. The van der Waals surface area contributed by atoms with Gasteiger partial charge in [-0.25, -0.2) is 13.1 Å². The summed E-state index contributed by atoms with van der Waals surface area (Å²) in [6.07, 6.45) is 0.971. The van der Waals surface area contributed by atoms with E-state index in [0.717, 1.165) is 12.0 Å². The van der Waals surface area contributed by atoms with Crippen molar-refractivity contribution in [1.29, 1.82) is 0 Å². The molecular weight excluding hydrogens is 340 g/mol. The van der Waals surface area contributed by atoms with Gasteiger partial charge in [0, 0.05) is 26.1 Å². The van der Waals surface area contributed by atoms with E-state index in [1.54, 1.807) is 18.7 Å². The van der Waals surface area contributed by atoms with Gasteiger partial charge in [-0.2, -0.15) is 5.10 Å². The number of aryl methyl sites for hydroxylation is 2. The molecule has 0 fully saturated rings. The molecule has 3 rings (SSSR count). The number of hydrogen-bond acceptors (Lipinski definition) is 4. The van der Waals surface area contributed by atoms with Crippen molar-refractivity contribution >= 4 is 15.9 Å². The second-order valence-corrected chi connectivity index (χ2v) is 7.95. The van der Waals surface area contributed by atoms with Gasteiger partial charge >= 0.3 is 0 Å². The average Bonchev–Trinajstić information content (AvgIpc) is 2.93. The lowest BCUT2D eigenvalue weighted by Gasteiger charge is -2.29. The lowest BCUT2D eigenvalue weighted by atomic mass is 10.00. The average molecular weight is 362 g/mol. The second kappa shape index (κ2) is 6.97. The van der Waals surface area contributed by atoms with Crippen LogP contribution < -0.4 is 4.72 Å². The molecule has 0 saturated carbocycles. The number of nitrogens with zero attached hydrogens (tertiary/aromatic N) is 2. The summed E-state index contributed by atoms with van der Waals surface area (Å²) in [7, 11) is -3.67. The molecule has 2 N–H and O–H groups in total. The van der Waals surface area contributed by atoms with Crippen molar-refractivity contribution in [2.75, 3.05) is 13.1 Å². The number of fused-ring (bicyclic) bond motifs is 1. The molecule has 134 valence electrons. The molecule has 0 aliphatic carbocycles. The van der Waals surface area contributed by atoms with Crippen molar-refractivity contribution in [2.24, 2.45) is 0 Å². The van der Waals surface area contributed by atoms with E-state index in [0.29, 0.717) is 24.5 Å². The predicted octanol–water partition coefficient (Wildman–Crippen LogP) is 1.28. The molecule has 1 aromatic carbocycles. The summed E-state index contributed by atoms with van der Waals surface area (Å²) in [4.78, 5) is 14.3. The minimum atomic E-state index is -3.67. The molecule has 1 aliphatic heterocycles. The van der Waals surface area contributed by atoms with Crippen molar-refractivity contribution in [1.82, 2.24) is 19.8 Å². The largest absolute Gasteiger partial charge is 0.338 e. The fourth-order valence-corrected chi connectivity index (χ4v) is 4.57. The molecule has 1 aromatic heterocycles. The number of hydrogen-bond donors (Lipinski definition) is 2. The van der Waals surface area contributed by atoms with Crippen LogP contribution in [0.5, 0.6) is 0 Å². The number of sulfonamides is 1. The highest BCUT2D eigenvalue weighted by Gasteiger charge is 2.24. The first-order valence-electron chi connectivity index (χ1n) is 8.24. The molecule has 1 amide bonds. The molecule has 0 spiro atoms. The number of aromatic nitrogens is 2. The number of rotatable bonds is 5. The Labute approximate surface area is 147 Å². The summed E-state index contributed by atoms with van der Waals surface area (Å²) >= 11 is 0. The number of carbonyl (C=O) groups excluding carboxylic acids is 1. The van der Waals surface area contributed by atoms with Crippen molar-refractivity contribution in [3.8, 4) is 0 Å². The number of carbonyl (C=O) groups is 1. The van der Waals surface area contributed by atoms with Crippen molar-refractivity contribution in [3.05, 3.63) is 46.8 Å². The minimum absolute atomic E-state index is 0.0437. The Kier molecular flexibility index (Phi) is 4.91. The van der Waals surface area contributed by atoms with Crippen molar-refractivity contribution in [2.45, 2.75) is 38.1 Å². The molecular formula is C17H22N4O3S. The summed E-state index contributed by atoms with van der Waals surface area (Å²) in [6.45, 7) is 4.62. The zero-order valence-corrected chi connectivity index (χ0v) is 15.2. The molecule has 0 unspecified atom stereocenters. The van der Waals surface area contributed by atoms with Crippen LogP contribution in [-0.4, -0.2) is 42.5 Å². The van der Waals surface area contributed by atoms with Gasteiger partial charge in [0.25, 0.3) is 0 Å². The number of aromatic amines is 1. The Bertz CT molecular complexity index is 870. The highest BCUT2D eigenvalue weighted by molar-refractivity contribution is 7.89. The molecule has 0 atom stereocenters. The summed E-state index contributed by atoms with van der Waals surface area (Å²) < 4.78 is 27.2. The number of nitrogens with one attached hydrogen (secondary N) is 2.